The predicted molar refractivity (Wildman–Crippen MR) is 93.4 cm³/mol. The molecule has 8 nitrogen and oxygen atoms in total. The lowest BCUT2D eigenvalue weighted by molar-refractivity contribution is -0.219. The fourth-order valence-corrected chi connectivity index (χ4v) is 2.61. The molecule has 3 rings (SSSR count). The predicted octanol–water partition coefficient (Wildman–Crippen LogP) is 1.60. The first-order valence-electron chi connectivity index (χ1n) is 8.33. The van der Waals surface area contributed by atoms with E-state index in [1.54, 1.807) is 60.7 Å². The molecule has 1 saturated heterocycles. The molecule has 2 aromatic carbocycles. The molecule has 1 aliphatic rings. The molecule has 1 fully saturated rings. The van der Waals surface area contributed by atoms with E-state index in [9.17, 15) is 19.5 Å². The van der Waals surface area contributed by atoms with Crippen molar-refractivity contribution in [3.05, 3.63) is 71.8 Å². The van der Waals surface area contributed by atoms with Gasteiger partial charge >= 0.3 is 17.9 Å². The normalized spacial score (nSPS) is 17.9. The molecule has 0 spiro atoms. The molecule has 1 N–H and O–H groups in total. The maximum atomic E-state index is 12.2. The van der Waals surface area contributed by atoms with Crippen molar-refractivity contribution in [2.24, 2.45) is 0 Å². The lowest BCUT2D eigenvalue weighted by atomic mass is 10.2. The number of aliphatic carboxylic acids is 1. The molecule has 0 bridgehead atoms. The van der Waals surface area contributed by atoms with Crippen LogP contribution in [0.4, 0.5) is 0 Å². The molecule has 1 atom stereocenters. The highest BCUT2D eigenvalue weighted by Gasteiger charge is 2.37. The van der Waals surface area contributed by atoms with Gasteiger partial charge in [-0.25, -0.2) is 9.59 Å². The van der Waals surface area contributed by atoms with Crippen LogP contribution < -0.4 is 0 Å². The highest BCUT2D eigenvalue weighted by molar-refractivity contribution is 5.89. The van der Waals surface area contributed by atoms with Gasteiger partial charge in [-0.1, -0.05) is 36.4 Å². The van der Waals surface area contributed by atoms with E-state index in [4.69, 9.17) is 9.68 Å². The van der Waals surface area contributed by atoms with E-state index in [1.807, 2.05) is 0 Å². The number of carboxylic acid groups (broad SMARTS) is 1. The minimum Gasteiger partial charge on any atom is -0.480 e. The smallest absolute Gasteiger partial charge is 0.357 e. The molecule has 0 aliphatic carbocycles. The minimum absolute atomic E-state index is 0.0810. The van der Waals surface area contributed by atoms with E-state index in [0.29, 0.717) is 11.1 Å². The molecule has 0 saturated carbocycles. The summed E-state index contributed by atoms with van der Waals surface area (Å²) in [5, 5.41) is 11.8. The van der Waals surface area contributed by atoms with Crippen LogP contribution in [0.25, 0.3) is 0 Å². The van der Waals surface area contributed by atoms with Crippen LogP contribution in [0.1, 0.15) is 20.7 Å². The Labute approximate surface area is 155 Å². The Morgan fingerprint density at radius 2 is 1.33 bits per heavy atom. The number of piperazine rings is 1. The Morgan fingerprint density at radius 1 is 0.815 bits per heavy atom. The highest BCUT2D eigenvalue weighted by atomic mass is 16.7. The summed E-state index contributed by atoms with van der Waals surface area (Å²) in [4.78, 5) is 46.4. The molecule has 27 heavy (non-hydrogen) atoms. The standard InChI is InChI=1S/C19H18N2O6/c22-17(23)16-13-20(26-18(24)14-7-3-1-4-8-14)11-12-21(16)27-19(25)15-9-5-2-6-10-15/h1-10,16H,11-13H2,(H,22,23). The quantitative estimate of drug-likeness (QED) is 0.848. The van der Waals surface area contributed by atoms with Crippen molar-refractivity contribution in [3.63, 3.8) is 0 Å². The number of hydroxylamine groups is 4. The van der Waals surface area contributed by atoms with Gasteiger partial charge in [0.05, 0.1) is 30.8 Å². The molecule has 1 unspecified atom stereocenters. The van der Waals surface area contributed by atoms with Crippen molar-refractivity contribution in [1.82, 2.24) is 10.1 Å². The third-order valence-corrected chi connectivity index (χ3v) is 4.01. The van der Waals surface area contributed by atoms with Gasteiger partial charge in [0.25, 0.3) is 0 Å². The monoisotopic (exact) mass is 370 g/mol. The topological polar surface area (TPSA) is 96.4 Å². The second-order valence-corrected chi connectivity index (χ2v) is 5.87. The number of hydrogen-bond donors (Lipinski definition) is 1. The summed E-state index contributed by atoms with van der Waals surface area (Å²) in [6.07, 6.45) is 0. The fraction of sp³-hybridized carbons (Fsp3) is 0.211. The van der Waals surface area contributed by atoms with E-state index in [0.717, 1.165) is 5.06 Å². The number of rotatable bonds is 5. The van der Waals surface area contributed by atoms with Crippen LogP contribution in [-0.2, 0) is 14.5 Å². The zero-order valence-corrected chi connectivity index (χ0v) is 14.4. The molecular formula is C19H18N2O6. The second-order valence-electron chi connectivity index (χ2n) is 5.87. The first-order valence-corrected chi connectivity index (χ1v) is 8.33. The summed E-state index contributed by atoms with van der Waals surface area (Å²) < 4.78 is 0. The van der Waals surface area contributed by atoms with E-state index in [1.165, 1.54) is 5.06 Å². The van der Waals surface area contributed by atoms with Crippen LogP contribution in [0, 0.1) is 0 Å². The minimum atomic E-state index is -1.18. The molecule has 0 amide bonds. The van der Waals surface area contributed by atoms with E-state index in [-0.39, 0.29) is 19.6 Å². The maximum absolute atomic E-state index is 12.2. The zero-order valence-electron chi connectivity index (χ0n) is 14.4. The molecule has 1 aliphatic heterocycles. The molecular weight excluding hydrogens is 352 g/mol. The van der Waals surface area contributed by atoms with Gasteiger partial charge in [-0.3, -0.25) is 4.79 Å². The molecule has 0 aromatic heterocycles. The lowest BCUT2D eigenvalue weighted by Gasteiger charge is -2.36. The van der Waals surface area contributed by atoms with Crippen LogP contribution in [-0.4, -0.2) is 58.8 Å². The lowest BCUT2D eigenvalue weighted by Crippen LogP contribution is -2.56. The molecule has 140 valence electrons. The summed E-state index contributed by atoms with van der Waals surface area (Å²) in [6, 6.07) is 15.5. The van der Waals surface area contributed by atoms with Gasteiger partial charge in [-0.2, -0.15) is 0 Å². The van der Waals surface area contributed by atoms with E-state index in [2.05, 4.69) is 0 Å². The number of carbonyl (C=O) groups excluding carboxylic acids is 2. The Balaban J connectivity index is 1.62. The Bertz CT molecular complexity index is 811. The van der Waals surface area contributed by atoms with Gasteiger partial charge < -0.3 is 14.8 Å². The van der Waals surface area contributed by atoms with Crippen molar-refractivity contribution in [2.45, 2.75) is 6.04 Å². The van der Waals surface area contributed by atoms with Crippen molar-refractivity contribution >= 4 is 17.9 Å². The average molecular weight is 370 g/mol. The fourth-order valence-electron chi connectivity index (χ4n) is 2.61. The zero-order chi connectivity index (χ0) is 19.2. The van der Waals surface area contributed by atoms with Crippen molar-refractivity contribution in [3.8, 4) is 0 Å². The summed E-state index contributed by atoms with van der Waals surface area (Å²) >= 11 is 0. The summed E-state index contributed by atoms with van der Waals surface area (Å²) in [5.41, 5.74) is 0.682. The summed E-state index contributed by atoms with van der Waals surface area (Å²) in [5.74, 6) is -2.40. The number of benzene rings is 2. The largest absolute Gasteiger partial charge is 0.480 e. The van der Waals surface area contributed by atoms with Crippen LogP contribution in [0.2, 0.25) is 0 Å². The van der Waals surface area contributed by atoms with E-state index < -0.39 is 23.9 Å². The van der Waals surface area contributed by atoms with Crippen molar-refractivity contribution in [2.75, 3.05) is 19.6 Å². The van der Waals surface area contributed by atoms with Crippen molar-refractivity contribution in [1.29, 1.82) is 0 Å². The van der Waals surface area contributed by atoms with Crippen molar-refractivity contribution < 1.29 is 29.2 Å². The van der Waals surface area contributed by atoms with Crippen LogP contribution in [0.15, 0.2) is 60.7 Å². The molecule has 1 heterocycles. The third-order valence-electron chi connectivity index (χ3n) is 4.01. The summed E-state index contributed by atoms with van der Waals surface area (Å²) in [7, 11) is 0. The number of carbonyl (C=O) groups is 3. The Hall–Kier alpha value is -3.23. The van der Waals surface area contributed by atoms with Crippen LogP contribution in [0.3, 0.4) is 0 Å². The first-order chi connectivity index (χ1) is 13.0. The average Bonchev–Trinajstić information content (AvgIpc) is 2.70. The maximum Gasteiger partial charge on any atom is 0.357 e. The van der Waals surface area contributed by atoms with Crippen LogP contribution in [0.5, 0.6) is 0 Å². The van der Waals surface area contributed by atoms with Gasteiger partial charge in [-0.05, 0) is 24.3 Å². The molecule has 8 heteroatoms. The first kappa shape index (κ1) is 18.6. The highest BCUT2D eigenvalue weighted by Crippen LogP contribution is 2.15. The Morgan fingerprint density at radius 3 is 1.85 bits per heavy atom. The number of nitrogens with zero attached hydrogens (tertiary/aromatic N) is 2. The number of carboxylic acids is 1. The van der Waals surface area contributed by atoms with Gasteiger partial charge in [-0.15, -0.1) is 10.1 Å². The molecule has 0 radical (unpaired) electrons. The third kappa shape index (κ3) is 4.69. The SMILES string of the molecule is O=C(ON1CCN(OC(=O)c2ccccc2)C(C(=O)O)C1)c1ccccc1. The van der Waals surface area contributed by atoms with Gasteiger partial charge in [0.15, 0.2) is 6.04 Å². The second kappa shape index (κ2) is 8.43. The number of hydrogen-bond acceptors (Lipinski definition) is 7. The summed E-state index contributed by atoms with van der Waals surface area (Å²) in [6.45, 7) is 0.151. The van der Waals surface area contributed by atoms with Gasteiger partial charge in [0, 0.05) is 0 Å². The van der Waals surface area contributed by atoms with Gasteiger partial charge in [0.1, 0.15) is 0 Å². The van der Waals surface area contributed by atoms with Crippen LogP contribution >= 0.6 is 0 Å². The molecule has 2 aromatic rings. The van der Waals surface area contributed by atoms with Gasteiger partial charge in [0.2, 0.25) is 0 Å². The Kier molecular flexibility index (Phi) is 5.80. The van der Waals surface area contributed by atoms with E-state index >= 15 is 0 Å².